The molecule has 0 saturated carbocycles. The molecule has 1 aliphatic heterocycles. The van der Waals surface area contributed by atoms with Crippen molar-refractivity contribution in [2.75, 3.05) is 11.4 Å². The molecule has 0 fully saturated rings. The molecule has 1 aromatic carbocycles. The molecule has 0 spiro atoms. The Kier molecular flexibility index (Phi) is 11.3. The van der Waals surface area contributed by atoms with Crippen molar-refractivity contribution in [3.05, 3.63) is 41.7 Å². The first-order valence-electron chi connectivity index (χ1n) is 11.9. The molecule has 0 aromatic heterocycles. The Balaban J connectivity index is 1.86. The van der Waals surface area contributed by atoms with E-state index in [9.17, 15) is 4.79 Å². The number of hydrogen-bond donors (Lipinski definition) is 0. The third-order valence-corrected chi connectivity index (χ3v) is 5.47. The number of rotatable bonds is 14. The van der Waals surface area contributed by atoms with Gasteiger partial charge in [0, 0.05) is 30.9 Å². The molecule has 0 radical (unpaired) electrons. The van der Waals surface area contributed by atoms with Gasteiger partial charge in [0.05, 0.1) is 12.2 Å². The van der Waals surface area contributed by atoms with Crippen LogP contribution < -0.4 is 4.90 Å². The molecular formula is C26H40N2O2. The van der Waals surface area contributed by atoms with E-state index in [1.54, 1.807) is 0 Å². The molecule has 30 heavy (non-hydrogen) atoms. The maximum atomic E-state index is 11.8. The van der Waals surface area contributed by atoms with E-state index in [0.29, 0.717) is 12.8 Å². The lowest BCUT2D eigenvalue weighted by Gasteiger charge is -2.24. The lowest BCUT2D eigenvalue weighted by atomic mass is 10.0. The number of hydrogen-bond acceptors (Lipinski definition) is 4. The fourth-order valence-corrected chi connectivity index (χ4v) is 3.74. The number of benzene rings is 1. The Morgan fingerprint density at radius 3 is 2.67 bits per heavy atom. The molecule has 1 aliphatic rings. The van der Waals surface area contributed by atoms with E-state index in [1.807, 2.05) is 13.1 Å². The van der Waals surface area contributed by atoms with Gasteiger partial charge in [-0.2, -0.15) is 0 Å². The molecule has 0 amide bonds. The van der Waals surface area contributed by atoms with Crippen LogP contribution in [0.25, 0.3) is 0 Å². The minimum atomic E-state index is -0.156. The second-order valence-corrected chi connectivity index (χ2v) is 8.38. The van der Waals surface area contributed by atoms with E-state index in [1.165, 1.54) is 49.8 Å². The van der Waals surface area contributed by atoms with Crippen LogP contribution in [0.4, 0.5) is 5.69 Å². The predicted octanol–water partition coefficient (Wildman–Crippen LogP) is 6.83. The first-order valence-corrected chi connectivity index (χ1v) is 11.9. The minimum Gasteiger partial charge on any atom is -0.462 e. The lowest BCUT2D eigenvalue weighted by molar-refractivity contribution is -0.148. The summed E-state index contributed by atoms with van der Waals surface area (Å²) in [4.78, 5) is 18.6. The number of nitrogens with zero attached hydrogens (tertiary/aromatic N) is 2. The normalized spacial score (nSPS) is 14.5. The predicted molar refractivity (Wildman–Crippen MR) is 127 cm³/mol. The molecule has 1 unspecified atom stereocenters. The molecule has 1 atom stereocenters. The molecular weight excluding hydrogens is 372 g/mol. The molecule has 0 bridgehead atoms. The van der Waals surface area contributed by atoms with Gasteiger partial charge in [-0.3, -0.25) is 9.79 Å². The summed E-state index contributed by atoms with van der Waals surface area (Å²) in [6.07, 6.45) is 16.0. The van der Waals surface area contributed by atoms with Crippen LogP contribution in [-0.2, 0) is 16.0 Å². The maximum Gasteiger partial charge on any atom is 0.306 e. The van der Waals surface area contributed by atoms with E-state index in [-0.39, 0.29) is 12.1 Å². The van der Waals surface area contributed by atoms with Crippen molar-refractivity contribution in [3.63, 3.8) is 0 Å². The summed E-state index contributed by atoms with van der Waals surface area (Å²) in [7, 11) is 0. The fraction of sp³-hybridized carbons (Fsp3) is 0.615. The number of ether oxygens (including phenoxy) is 1. The van der Waals surface area contributed by atoms with Crippen LogP contribution in [0.15, 0.2) is 41.2 Å². The van der Waals surface area contributed by atoms with E-state index < -0.39 is 0 Å². The van der Waals surface area contributed by atoms with E-state index in [4.69, 9.17) is 4.74 Å². The van der Waals surface area contributed by atoms with Gasteiger partial charge in [0.15, 0.2) is 0 Å². The maximum absolute atomic E-state index is 11.8. The average Bonchev–Trinajstić information content (AvgIpc) is 2.75. The SMILES string of the molecule is CCCCCCCCc1cccc(N2C=C(CC(C)OC(=O)CCCC)N=CC2)c1. The van der Waals surface area contributed by atoms with Gasteiger partial charge in [0.25, 0.3) is 0 Å². The molecule has 0 aliphatic carbocycles. The molecule has 1 heterocycles. The number of unbranched alkanes of at least 4 members (excludes halogenated alkanes) is 6. The molecule has 4 nitrogen and oxygen atoms in total. The standard InChI is InChI=1S/C26H40N2O2/c1-4-6-8-9-10-11-13-23-14-12-15-25(20-23)28-18-17-27-24(21-28)19-22(3)30-26(29)16-7-5-2/h12,14-15,17,20-22H,4-11,13,16,18-19H2,1-3H3. The Morgan fingerprint density at radius 1 is 1.10 bits per heavy atom. The lowest BCUT2D eigenvalue weighted by Crippen LogP contribution is -2.24. The number of carbonyl (C=O) groups excluding carboxylic acids is 1. The fourth-order valence-electron chi connectivity index (χ4n) is 3.74. The Bertz CT molecular complexity index is 696. The first kappa shape index (κ1) is 24.2. The molecule has 166 valence electrons. The van der Waals surface area contributed by atoms with Crippen LogP contribution in [0, 0.1) is 0 Å². The summed E-state index contributed by atoms with van der Waals surface area (Å²) in [6, 6.07) is 8.84. The van der Waals surface area contributed by atoms with Gasteiger partial charge in [0.1, 0.15) is 6.10 Å². The molecule has 0 saturated heterocycles. The van der Waals surface area contributed by atoms with Gasteiger partial charge >= 0.3 is 5.97 Å². The van der Waals surface area contributed by atoms with Crippen LogP contribution >= 0.6 is 0 Å². The number of carbonyl (C=O) groups is 1. The minimum absolute atomic E-state index is 0.107. The third-order valence-electron chi connectivity index (χ3n) is 5.47. The Morgan fingerprint density at radius 2 is 1.87 bits per heavy atom. The highest BCUT2D eigenvalue weighted by molar-refractivity contribution is 5.71. The molecule has 0 N–H and O–H groups in total. The summed E-state index contributed by atoms with van der Waals surface area (Å²) < 4.78 is 5.52. The van der Waals surface area contributed by atoms with Crippen molar-refractivity contribution >= 4 is 17.9 Å². The summed E-state index contributed by atoms with van der Waals surface area (Å²) in [5, 5.41) is 0. The van der Waals surface area contributed by atoms with Crippen molar-refractivity contribution in [1.29, 1.82) is 0 Å². The number of aryl methyl sites for hydroxylation is 1. The van der Waals surface area contributed by atoms with Crippen LogP contribution in [0.3, 0.4) is 0 Å². The summed E-state index contributed by atoms with van der Waals surface area (Å²) in [5.74, 6) is -0.107. The summed E-state index contributed by atoms with van der Waals surface area (Å²) in [5.41, 5.74) is 3.56. The quantitative estimate of drug-likeness (QED) is 0.248. The van der Waals surface area contributed by atoms with Gasteiger partial charge in [-0.05, 0) is 43.9 Å². The average molecular weight is 413 g/mol. The number of aliphatic imine (C=N–C) groups is 1. The Labute approximate surface area is 183 Å². The van der Waals surface area contributed by atoms with Crippen molar-refractivity contribution in [2.24, 2.45) is 4.99 Å². The van der Waals surface area contributed by atoms with Crippen molar-refractivity contribution in [2.45, 2.75) is 97.5 Å². The number of anilines is 1. The highest BCUT2D eigenvalue weighted by Gasteiger charge is 2.15. The number of esters is 1. The van der Waals surface area contributed by atoms with Crippen molar-refractivity contribution < 1.29 is 9.53 Å². The zero-order valence-electron chi connectivity index (χ0n) is 19.2. The van der Waals surface area contributed by atoms with Gasteiger partial charge in [-0.25, -0.2) is 0 Å². The van der Waals surface area contributed by atoms with Crippen LogP contribution in [0.5, 0.6) is 0 Å². The van der Waals surface area contributed by atoms with Gasteiger partial charge in [0.2, 0.25) is 0 Å². The zero-order valence-corrected chi connectivity index (χ0v) is 19.2. The smallest absolute Gasteiger partial charge is 0.306 e. The van der Waals surface area contributed by atoms with E-state index >= 15 is 0 Å². The van der Waals surface area contributed by atoms with Gasteiger partial charge in [-0.15, -0.1) is 0 Å². The van der Waals surface area contributed by atoms with Gasteiger partial charge in [-0.1, -0.05) is 64.5 Å². The first-order chi connectivity index (χ1) is 14.6. The van der Waals surface area contributed by atoms with E-state index in [2.05, 4.69) is 54.2 Å². The molecule has 4 heteroatoms. The van der Waals surface area contributed by atoms with Crippen LogP contribution in [-0.4, -0.2) is 24.8 Å². The van der Waals surface area contributed by atoms with Crippen LogP contribution in [0.1, 0.15) is 90.5 Å². The highest BCUT2D eigenvalue weighted by atomic mass is 16.5. The summed E-state index contributed by atoms with van der Waals surface area (Å²) >= 11 is 0. The second-order valence-electron chi connectivity index (χ2n) is 8.38. The topological polar surface area (TPSA) is 41.9 Å². The van der Waals surface area contributed by atoms with Gasteiger partial charge < -0.3 is 9.64 Å². The van der Waals surface area contributed by atoms with E-state index in [0.717, 1.165) is 31.5 Å². The highest BCUT2D eigenvalue weighted by Crippen LogP contribution is 2.22. The third kappa shape index (κ3) is 9.15. The molecule has 1 aromatic rings. The van der Waals surface area contributed by atoms with Crippen molar-refractivity contribution in [3.8, 4) is 0 Å². The Hall–Kier alpha value is -2.10. The monoisotopic (exact) mass is 412 g/mol. The summed E-state index contributed by atoms with van der Waals surface area (Å²) in [6.45, 7) is 7.06. The largest absolute Gasteiger partial charge is 0.462 e. The zero-order chi connectivity index (χ0) is 21.6. The van der Waals surface area contributed by atoms with Crippen LogP contribution in [0.2, 0.25) is 0 Å². The molecule has 2 rings (SSSR count). The van der Waals surface area contributed by atoms with Crippen molar-refractivity contribution in [1.82, 2.24) is 0 Å². The second kappa shape index (κ2) is 14.0.